The van der Waals surface area contributed by atoms with Crippen molar-refractivity contribution in [3.63, 3.8) is 0 Å². The van der Waals surface area contributed by atoms with Crippen LogP contribution in [0.4, 0.5) is 18.9 Å². The first-order valence-electron chi connectivity index (χ1n) is 8.94. The molecular weight excluding hydrogens is 397 g/mol. The van der Waals surface area contributed by atoms with E-state index in [0.29, 0.717) is 18.8 Å². The van der Waals surface area contributed by atoms with E-state index in [1.54, 1.807) is 22.9 Å². The van der Waals surface area contributed by atoms with Gasteiger partial charge in [0.15, 0.2) is 5.96 Å². The molecule has 0 atom stereocenters. The Bertz CT molecular complexity index is 1060. The Morgan fingerprint density at radius 2 is 1.67 bits per heavy atom. The van der Waals surface area contributed by atoms with E-state index in [0.717, 1.165) is 11.1 Å². The first-order valence-corrected chi connectivity index (χ1v) is 8.94. The number of nitrogens with zero attached hydrogens (tertiary/aromatic N) is 2. The van der Waals surface area contributed by atoms with Crippen LogP contribution in [-0.4, -0.2) is 16.9 Å². The third-order valence-electron chi connectivity index (χ3n) is 4.07. The first kappa shape index (κ1) is 21.0. The maximum Gasteiger partial charge on any atom is 0.573 e. The van der Waals surface area contributed by atoms with E-state index in [1.807, 2.05) is 24.3 Å². The van der Waals surface area contributed by atoms with Crippen molar-refractivity contribution in [2.75, 3.05) is 5.32 Å². The largest absolute Gasteiger partial charge is 0.573 e. The summed E-state index contributed by atoms with van der Waals surface area (Å²) in [5.41, 5.74) is 8.14. The van der Waals surface area contributed by atoms with Crippen LogP contribution in [0, 0.1) is 0 Å². The quantitative estimate of drug-likeness (QED) is 0.474. The number of nitrogens with one attached hydrogen (secondary N) is 1. The first-order chi connectivity index (χ1) is 14.3. The molecule has 0 saturated carbocycles. The number of aromatic nitrogens is 1. The van der Waals surface area contributed by atoms with Gasteiger partial charge in [0.2, 0.25) is 0 Å². The molecule has 0 aliphatic rings. The van der Waals surface area contributed by atoms with Crippen LogP contribution in [0.3, 0.4) is 0 Å². The maximum absolute atomic E-state index is 12.2. The summed E-state index contributed by atoms with van der Waals surface area (Å²) in [7, 11) is 0. The fourth-order valence-corrected chi connectivity index (χ4v) is 2.64. The minimum absolute atomic E-state index is 0.0666. The lowest BCUT2D eigenvalue weighted by Gasteiger charge is -2.10. The Labute approximate surface area is 170 Å². The van der Waals surface area contributed by atoms with Gasteiger partial charge in [0, 0.05) is 18.0 Å². The van der Waals surface area contributed by atoms with E-state index in [9.17, 15) is 18.0 Å². The molecule has 3 aromatic rings. The van der Waals surface area contributed by atoms with Gasteiger partial charge in [0.25, 0.3) is 5.56 Å². The van der Waals surface area contributed by atoms with Crippen molar-refractivity contribution in [3.8, 4) is 5.75 Å². The molecule has 0 fully saturated rings. The number of ether oxygens (including phenoxy) is 1. The predicted octanol–water partition coefficient (Wildman–Crippen LogP) is 3.72. The molecular formula is C21H19F3N4O2. The molecule has 3 rings (SSSR count). The highest BCUT2D eigenvalue weighted by Crippen LogP contribution is 2.23. The highest BCUT2D eigenvalue weighted by Gasteiger charge is 2.30. The smallest absolute Gasteiger partial charge is 0.406 e. The SMILES string of the molecule is NC(=NCc1ccc(Cn2ccccc2=O)cc1)Nc1ccc(OC(F)(F)F)cc1. The standard InChI is InChI=1S/C21H19F3N4O2/c22-21(23,24)30-18-10-8-17(9-11-18)27-20(25)26-13-15-4-6-16(7-5-15)14-28-12-2-1-3-19(28)29/h1-12H,13-14H2,(H3,25,26,27). The molecule has 0 radical (unpaired) electrons. The molecule has 1 heterocycles. The molecule has 0 saturated heterocycles. The van der Waals surface area contributed by atoms with Crippen LogP contribution < -0.4 is 21.3 Å². The van der Waals surface area contributed by atoms with Crippen molar-refractivity contribution in [2.24, 2.45) is 10.7 Å². The molecule has 156 valence electrons. The van der Waals surface area contributed by atoms with Crippen LogP contribution in [0.1, 0.15) is 11.1 Å². The molecule has 0 amide bonds. The van der Waals surface area contributed by atoms with Gasteiger partial charge >= 0.3 is 6.36 Å². The lowest BCUT2D eigenvalue weighted by atomic mass is 10.1. The second kappa shape index (κ2) is 9.17. The summed E-state index contributed by atoms with van der Waals surface area (Å²) in [6.45, 7) is 0.792. The Morgan fingerprint density at radius 1 is 1.00 bits per heavy atom. The summed E-state index contributed by atoms with van der Waals surface area (Å²) in [6.07, 6.45) is -3.00. The summed E-state index contributed by atoms with van der Waals surface area (Å²) < 4.78 is 41.9. The fourth-order valence-electron chi connectivity index (χ4n) is 2.64. The molecule has 0 bridgehead atoms. The van der Waals surface area contributed by atoms with E-state index in [-0.39, 0.29) is 17.3 Å². The number of alkyl halides is 3. The van der Waals surface area contributed by atoms with Crippen molar-refractivity contribution < 1.29 is 17.9 Å². The van der Waals surface area contributed by atoms with Crippen LogP contribution in [0.15, 0.2) is 82.7 Å². The van der Waals surface area contributed by atoms with Gasteiger partial charge in [-0.1, -0.05) is 30.3 Å². The predicted molar refractivity (Wildman–Crippen MR) is 108 cm³/mol. The van der Waals surface area contributed by atoms with Crippen molar-refractivity contribution in [1.29, 1.82) is 0 Å². The molecule has 2 aromatic carbocycles. The summed E-state index contributed by atoms with van der Waals surface area (Å²) >= 11 is 0. The molecule has 0 unspecified atom stereocenters. The van der Waals surface area contributed by atoms with E-state index >= 15 is 0 Å². The average Bonchev–Trinajstić information content (AvgIpc) is 2.70. The fraction of sp³-hybridized carbons (Fsp3) is 0.143. The number of guanidine groups is 1. The number of rotatable bonds is 6. The number of aliphatic imine (C=N–C) groups is 1. The summed E-state index contributed by atoms with van der Waals surface area (Å²) in [6, 6.07) is 17.8. The van der Waals surface area contributed by atoms with Gasteiger partial charge in [-0.25, -0.2) is 4.99 Å². The highest BCUT2D eigenvalue weighted by atomic mass is 19.4. The molecule has 6 nitrogen and oxygen atoms in total. The minimum Gasteiger partial charge on any atom is -0.406 e. The van der Waals surface area contributed by atoms with Gasteiger partial charge in [-0.2, -0.15) is 0 Å². The van der Waals surface area contributed by atoms with Crippen LogP contribution in [0.25, 0.3) is 0 Å². The van der Waals surface area contributed by atoms with Crippen molar-refractivity contribution in [1.82, 2.24) is 4.57 Å². The maximum atomic E-state index is 12.2. The highest BCUT2D eigenvalue weighted by molar-refractivity contribution is 5.92. The molecule has 1 aromatic heterocycles. The molecule has 0 aliphatic carbocycles. The Balaban J connectivity index is 1.55. The van der Waals surface area contributed by atoms with E-state index in [2.05, 4.69) is 15.0 Å². The number of anilines is 1. The molecule has 0 aliphatic heterocycles. The summed E-state index contributed by atoms with van der Waals surface area (Å²) in [5.74, 6) is -0.194. The normalized spacial score (nSPS) is 11.9. The number of benzene rings is 2. The number of hydrogen-bond acceptors (Lipinski definition) is 3. The zero-order valence-electron chi connectivity index (χ0n) is 15.8. The van der Waals surface area contributed by atoms with Crippen LogP contribution in [0.5, 0.6) is 5.75 Å². The zero-order chi connectivity index (χ0) is 21.6. The molecule has 30 heavy (non-hydrogen) atoms. The van der Waals surface area contributed by atoms with Gasteiger partial charge in [-0.3, -0.25) is 4.79 Å². The van der Waals surface area contributed by atoms with Gasteiger partial charge in [-0.05, 0) is 41.5 Å². The van der Waals surface area contributed by atoms with Gasteiger partial charge in [0.1, 0.15) is 5.75 Å². The van der Waals surface area contributed by atoms with Crippen LogP contribution in [-0.2, 0) is 13.1 Å². The van der Waals surface area contributed by atoms with Crippen LogP contribution in [0.2, 0.25) is 0 Å². The lowest BCUT2D eigenvalue weighted by molar-refractivity contribution is -0.274. The van der Waals surface area contributed by atoms with E-state index < -0.39 is 6.36 Å². The Kier molecular flexibility index (Phi) is 6.41. The number of pyridine rings is 1. The van der Waals surface area contributed by atoms with Crippen molar-refractivity contribution in [2.45, 2.75) is 19.5 Å². The molecule has 9 heteroatoms. The van der Waals surface area contributed by atoms with E-state index in [4.69, 9.17) is 5.73 Å². The molecule has 3 N–H and O–H groups in total. The Hall–Kier alpha value is -3.75. The number of halogens is 3. The van der Waals surface area contributed by atoms with Crippen molar-refractivity contribution in [3.05, 3.63) is 94.4 Å². The second-order valence-corrected chi connectivity index (χ2v) is 6.38. The Morgan fingerprint density at radius 3 is 2.30 bits per heavy atom. The van der Waals surface area contributed by atoms with Gasteiger partial charge < -0.3 is 20.4 Å². The van der Waals surface area contributed by atoms with E-state index in [1.165, 1.54) is 30.3 Å². The summed E-state index contributed by atoms with van der Waals surface area (Å²) in [4.78, 5) is 16.0. The number of hydrogen-bond donors (Lipinski definition) is 2. The summed E-state index contributed by atoms with van der Waals surface area (Å²) in [5, 5.41) is 2.81. The number of nitrogens with two attached hydrogens (primary N) is 1. The van der Waals surface area contributed by atoms with Crippen molar-refractivity contribution >= 4 is 11.6 Å². The third kappa shape index (κ3) is 6.40. The van der Waals surface area contributed by atoms with Gasteiger partial charge in [0.05, 0.1) is 13.1 Å². The van der Waals surface area contributed by atoms with Crippen LogP contribution >= 0.6 is 0 Å². The monoisotopic (exact) mass is 416 g/mol. The zero-order valence-corrected chi connectivity index (χ0v) is 15.8. The minimum atomic E-state index is -4.73. The third-order valence-corrected chi connectivity index (χ3v) is 4.07. The lowest BCUT2D eigenvalue weighted by Crippen LogP contribution is -2.22. The van der Waals surface area contributed by atoms with Gasteiger partial charge in [-0.15, -0.1) is 13.2 Å². The topological polar surface area (TPSA) is 81.6 Å². The average molecular weight is 416 g/mol. The molecule has 0 spiro atoms. The second-order valence-electron chi connectivity index (χ2n) is 6.38.